The van der Waals surface area contributed by atoms with Gasteiger partial charge in [-0.25, -0.2) is 0 Å². The molecule has 128 valence electrons. The van der Waals surface area contributed by atoms with Gasteiger partial charge in [0.25, 0.3) is 5.91 Å². The molecule has 5 nitrogen and oxygen atoms in total. The highest BCUT2D eigenvalue weighted by Crippen LogP contribution is 2.36. The van der Waals surface area contributed by atoms with Gasteiger partial charge in [0.05, 0.1) is 6.04 Å². The number of benzene rings is 1. The molecule has 1 amide bonds. The van der Waals surface area contributed by atoms with Crippen molar-refractivity contribution in [2.75, 3.05) is 6.54 Å². The first-order valence-corrected chi connectivity index (χ1v) is 9.33. The molecule has 2 aromatic heterocycles. The number of carbonyl (C=O) groups excluding carboxylic acids is 1. The summed E-state index contributed by atoms with van der Waals surface area (Å²) in [6.07, 6.45) is 1.86. The van der Waals surface area contributed by atoms with E-state index in [-0.39, 0.29) is 11.9 Å². The first kappa shape index (κ1) is 16.0. The Morgan fingerprint density at radius 1 is 1.28 bits per heavy atom. The summed E-state index contributed by atoms with van der Waals surface area (Å²) in [5.41, 5.74) is 2.82. The van der Waals surface area contributed by atoms with Crippen LogP contribution in [0.5, 0.6) is 0 Å². The van der Waals surface area contributed by atoms with Crippen LogP contribution in [0.15, 0.2) is 40.1 Å². The Morgan fingerprint density at radius 3 is 2.76 bits per heavy atom. The van der Waals surface area contributed by atoms with E-state index >= 15 is 0 Å². The highest BCUT2D eigenvalue weighted by atomic mass is 32.1. The third-order valence-corrected chi connectivity index (χ3v) is 5.64. The molecule has 0 saturated carbocycles. The average Bonchev–Trinajstić information content (AvgIpc) is 3.29. The van der Waals surface area contributed by atoms with E-state index < -0.39 is 0 Å². The van der Waals surface area contributed by atoms with Gasteiger partial charge in [-0.15, -0.1) is 21.5 Å². The number of hydrogen-bond donors (Lipinski definition) is 0. The Hall–Kier alpha value is -2.47. The lowest BCUT2D eigenvalue weighted by molar-refractivity contribution is 0.0657. The molecule has 6 heteroatoms. The first-order chi connectivity index (χ1) is 12.2. The molecule has 4 rings (SSSR count). The Labute approximate surface area is 150 Å². The molecule has 1 atom stereocenters. The van der Waals surface area contributed by atoms with Crippen molar-refractivity contribution in [2.24, 2.45) is 0 Å². The Balaban J connectivity index is 1.58. The molecule has 0 spiro atoms. The Bertz CT molecular complexity index is 898. The maximum absolute atomic E-state index is 13.0. The lowest BCUT2D eigenvalue weighted by Gasteiger charge is -2.35. The van der Waals surface area contributed by atoms with E-state index in [1.165, 1.54) is 10.4 Å². The third-order valence-electron chi connectivity index (χ3n) is 4.65. The van der Waals surface area contributed by atoms with Crippen LogP contribution in [0.1, 0.15) is 46.1 Å². The van der Waals surface area contributed by atoms with Crippen molar-refractivity contribution >= 4 is 17.2 Å². The van der Waals surface area contributed by atoms with Gasteiger partial charge in [-0.1, -0.05) is 6.92 Å². The molecule has 0 fully saturated rings. The number of amides is 1. The van der Waals surface area contributed by atoms with Gasteiger partial charge in [0, 0.05) is 29.5 Å². The van der Waals surface area contributed by atoms with Gasteiger partial charge in [0.1, 0.15) is 0 Å². The van der Waals surface area contributed by atoms with Crippen LogP contribution in [0.2, 0.25) is 0 Å². The lowest BCUT2D eigenvalue weighted by atomic mass is 9.96. The minimum Gasteiger partial charge on any atom is -0.421 e. The molecule has 0 radical (unpaired) electrons. The molecular weight excluding hydrogens is 334 g/mol. The van der Waals surface area contributed by atoms with E-state index in [0.29, 0.717) is 17.3 Å². The number of rotatable bonds is 3. The Morgan fingerprint density at radius 2 is 2.08 bits per heavy atom. The SMILES string of the molecule is CCC1c2ccsc2CCN1C(=O)c1ccc(-c2nnc(C)o2)cc1. The monoisotopic (exact) mass is 353 g/mol. The predicted molar refractivity (Wildman–Crippen MR) is 96.6 cm³/mol. The number of carbonyl (C=O) groups is 1. The number of hydrogen-bond acceptors (Lipinski definition) is 5. The molecular formula is C19H19N3O2S. The second kappa shape index (κ2) is 6.44. The summed E-state index contributed by atoms with van der Waals surface area (Å²) in [5.74, 6) is 1.08. The van der Waals surface area contributed by atoms with Crippen LogP contribution in [0.4, 0.5) is 0 Å². The molecule has 0 N–H and O–H groups in total. The predicted octanol–water partition coefficient (Wildman–Crippen LogP) is 4.26. The van der Waals surface area contributed by atoms with Gasteiger partial charge in [-0.3, -0.25) is 4.79 Å². The normalized spacial score (nSPS) is 16.7. The van der Waals surface area contributed by atoms with Crippen LogP contribution >= 0.6 is 11.3 Å². The number of aryl methyl sites for hydroxylation is 1. The van der Waals surface area contributed by atoms with Crippen LogP contribution < -0.4 is 0 Å². The van der Waals surface area contributed by atoms with Gasteiger partial charge in [-0.2, -0.15) is 0 Å². The molecule has 0 bridgehead atoms. The molecule has 25 heavy (non-hydrogen) atoms. The fraction of sp³-hybridized carbons (Fsp3) is 0.316. The van der Waals surface area contributed by atoms with E-state index in [9.17, 15) is 4.79 Å². The first-order valence-electron chi connectivity index (χ1n) is 8.45. The number of nitrogens with zero attached hydrogens (tertiary/aromatic N) is 3. The van der Waals surface area contributed by atoms with E-state index in [2.05, 4.69) is 28.6 Å². The second-order valence-corrected chi connectivity index (χ2v) is 7.18. The topological polar surface area (TPSA) is 59.2 Å². The molecule has 1 aliphatic rings. The summed E-state index contributed by atoms with van der Waals surface area (Å²) < 4.78 is 5.43. The zero-order valence-corrected chi connectivity index (χ0v) is 15.0. The lowest BCUT2D eigenvalue weighted by Crippen LogP contribution is -2.39. The zero-order chi connectivity index (χ0) is 17.4. The molecule has 1 unspecified atom stereocenters. The van der Waals surface area contributed by atoms with Crippen LogP contribution in [0.3, 0.4) is 0 Å². The van der Waals surface area contributed by atoms with Crippen molar-refractivity contribution in [3.05, 3.63) is 57.6 Å². The molecule has 3 aromatic rings. The highest BCUT2D eigenvalue weighted by Gasteiger charge is 2.30. The van der Waals surface area contributed by atoms with Gasteiger partial charge in [0.2, 0.25) is 11.8 Å². The summed E-state index contributed by atoms with van der Waals surface area (Å²) >= 11 is 1.79. The van der Waals surface area contributed by atoms with E-state index in [0.717, 1.165) is 24.9 Å². The third kappa shape index (κ3) is 2.87. The van der Waals surface area contributed by atoms with Gasteiger partial charge in [-0.05, 0) is 54.1 Å². The van der Waals surface area contributed by atoms with Crippen molar-refractivity contribution in [1.29, 1.82) is 0 Å². The molecule has 1 aromatic carbocycles. The average molecular weight is 353 g/mol. The van der Waals surface area contributed by atoms with E-state index in [1.807, 2.05) is 29.2 Å². The van der Waals surface area contributed by atoms with Crippen LogP contribution in [0.25, 0.3) is 11.5 Å². The molecule has 1 aliphatic heterocycles. The zero-order valence-electron chi connectivity index (χ0n) is 14.2. The highest BCUT2D eigenvalue weighted by molar-refractivity contribution is 7.10. The van der Waals surface area contributed by atoms with Crippen molar-refractivity contribution in [3.8, 4) is 11.5 Å². The standard InChI is InChI=1S/C19H19N3O2S/c1-3-16-15-9-11-25-17(15)8-10-22(16)19(23)14-6-4-13(5-7-14)18-21-20-12(2)24-18/h4-7,9,11,16H,3,8,10H2,1-2H3. The summed E-state index contributed by atoms with van der Waals surface area (Å²) in [5, 5.41) is 9.98. The summed E-state index contributed by atoms with van der Waals surface area (Å²) in [6, 6.07) is 9.73. The second-order valence-electron chi connectivity index (χ2n) is 6.18. The summed E-state index contributed by atoms with van der Waals surface area (Å²) in [7, 11) is 0. The fourth-order valence-electron chi connectivity index (χ4n) is 3.41. The van der Waals surface area contributed by atoms with Crippen LogP contribution in [0, 0.1) is 6.92 Å². The number of thiophene rings is 1. The summed E-state index contributed by atoms with van der Waals surface area (Å²) in [4.78, 5) is 16.4. The minimum absolute atomic E-state index is 0.0805. The van der Waals surface area contributed by atoms with E-state index in [1.54, 1.807) is 18.3 Å². The van der Waals surface area contributed by atoms with Gasteiger partial charge in [0.15, 0.2) is 0 Å². The smallest absolute Gasteiger partial charge is 0.254 e. The van der Waals surface area contributed by atoms with Crippen molar-refractivity contribution in [2.45, 2.75) is 32.7 Å². The van der Waals surface area contributed by atoms with Crippen molar-refractivity contribution < 1.29 is 9.21 Å². The largest absolute Gasteiger partial charge is 0.421 e. The maximum Gasteiger partial charge on any atom is 0.254 e. The quantitative estimate of drug-likeness (QED) is 0.706. The molecule has 0 saturated heterocycles. The van der Waals surface area contributed by atoms with Crippen molar-refractivity contribution in [1.82, 2.24) is 15.1 Å². The van der Waals surface area contributed by atoms with Crippen LogP contribution in [-0.2, 0) is 6.42 Å². The minimum atomic E-state index is 0.0805. The Kier molecular flexibility index (Phi) is 4.13. The van der Waals surface area contributed by atoms with Gasteiger partial charge >= 0.3 is 0 Å². The number of aromatic nitrogens is 2. The van der Waals surface area contributed by atoms with E-state index in [4.69, 9.17) is 4.42 Å². The fourth-order valence-corrected chi connectivity index (χ4v) is 4.34. The summed E-state index contributed by atoms with van der Waals surface area (Å²) in [6.45, 7) is 4.67. The van der Waals surface area contributed by atoms with Crippen molar-refractivity contribution in [3.63, 3.8) is 0 Å². The molecule has 0 aliphatic carbocycles. The molecule has 3 heterocycles. The van der Waals surface area contributed by atoms with Gasteiger partial charge < -0.3 is 9.32 Å². The maximum atomic E-state index is 13.0. The van der Waals surface area contributed by atoms with Crippen LogP contribution in [-0.4, -0.2) is 27.5 Å². The number of fused-ring (bicyclic) bond motifs is 1.